The fourth-order valence-electron chi connectivity index (χ4n) is 1.26. The average Bonchev–Trinajstić information content (AvgIpc) is 2.84. The minimum Gasteiger partial charge on any atom is -0.302 e. The van der Waals surface area contributed by atoms with Gasteiger partial charge in [0.15, 0.2) is 0 Å². The molecule has 1 atom stereocenters. The summed E-state index contributed by atoms with van der Waals surface area (Å²) in [5, 5.41) is 7.67. The monoisotopic (exact) mass is 239 g/mol. The minimum atomic E-state index is 0.300. The van der Waals surface area contributed by atoms with Crippen molar-refractivity contribution in [2.75, 3.05) is 0 Å². The zero-order valence-corrected chi connectivity index (χ0v) is 10.4. The molecule has 2 aromatic heterocycles. The molecule has 1 N–H and O–H groups in total. The summed E-state index contributed by atoms with van der Waals surface area (Å²) >= 11 is 3.42. The molecule has 0 bridgehead atoms. The summed E-state index contributed by atoms with van der Waals surface area (Å²) in [6, 6.07) is 0.300. The Morgan fingerprint density at radius 2 is 2.33 bits per heavy atom. The lowest BCUT2D eigenvalue weighted by atomic mass is 10.3. The zero-order valence-electron chi connectivity index (χ0n) is 8.73. The van der Waals surface area contributed by atoms with Crippen molar-refractivity contribution in [2.24, 2.45) is 0 Å². The molecule has 0 aliphatic rings. The van der Waals surface area contributed by atoms with Gasteiger partial charge in [0.1, 0.15) is 10.0 Å². The van der Waals surface area contributed by atoms with Crippen molar-refractivity contribution >= 4 is 22.7 Å². The van der Waals surface area contributed by atoms with Crippen molar-refractivity contribution in [1.82, 2.24) is 15.3 Å². The molecule has 1 unspecified atom stereocenters. The van der Waals surface area contributed by atoms with Gasteiger partial charge in [-0.3, -0.25) is 0 Å². The Bertz CT molecular complexity index is 408. The Morgan fingerprint density at radius 1 is 1.47 bits per heavy atom. The van der Waals surface area contributed by atoms with Crippen molar-refractivity contribution in [3.05, 3.63) is 32.7 Å². The van der Waals surface area contributed by atoms with Crippen LogP contribution >= 0.6 is 22.7 Å². The Kier molecular flexibility index (Phi) is 3.45. The molecule has 5 heteroatoms. The van der Waals surface area contributed by atoms with Crippen LogP contribution < -0.4 is 5.32 Å². The first-order chi connectivity index (χ1) is 7.25. The molecule has 2 heterocycles. The fraction of sp³-hybridized carbons (Fsp3) is 0.400. The quantitative estimate of drug-likeness (QED) is 0.891. The number of nitrogens with one attached hydrogen (secondary N) is 1. The molecule has 0 radical (unpaired) electrons. The molecule has 0 fully saturated rings. The van der Waals surface area contributed by atoms with E-state index >= 15 is 0 Å². The largest absolute Gasteiger partial charge is 0.302 e. The van der Waals surface area contributed by atoms with Crippen LogP contribution in [0.25, 0.3) is 0 Å². The lowest BCUT2D eigenvalue weighted by molar-refractivity contribution is 0.570. The van der Waals surface area contributed by atoms with Gasteiger partial charge in [-0.25, -0.2) is 9.97 Å². The average molecular weight is 239 g/mol. The van der Waals surface area contributed by atoms with E-state index in [0.29, 0.717) is 6.04 Å². The van der Waals surface area contributed by atoms with Gasteiger partial charge in [0.2, 0.25) is 0 Å². The van der Waals surface area contributed by atoms with E-state index in [9.17, 15) is 0 Å². The highest BCUT2D eigenvalue weighted by Gasteiger charge is 2.07. The maximum absolute atomic E-state index is 4.31. The van der Waals surface area contributed by atoms with E-state index in [1.165, 1.54) is 4.88 Å². The maximum atomic E-state index is 4.31. The van der Waals surface area contributed by atoms with Gasteiger partial charge in [-0.2, -0.15) is 0 Å². The van der Waals surface area contributed by atoms with Gasteiger partial charge < -0.3 is 5.32 Å². The smallest absolute Gasteiger partial charge is 0.109 e. The van der Waals surface area contributed by atoms with Gasteiger partial charge in [-0.05, 0) is 13.8 Å². The molecule has 0 aliphatic heterocycles. The summed E-state index contributed by atoms with van der Waals surface area (Å²) in [5.74, 6) is 0. The third kappa shape index (κ3) is 2.84. The van der Waals surface area contributed by atoms with Crippen LogP contribution in [0.3, 0.4) is 0 Å². The Morgan fingerprint density at radius 3 is 2.93 bits per heavy atom. The van der Waals surface area contributed by atoms with Gasteiger partial charge in [0.25, 0.3) is 0 Å². The summed E-state index contributed by atoms with van der Waals surface area (Å²) in [5.41, 5.74) is 0. The highest BCUT2D eigenvalue weighted by Crippen LogP contribution is 2.16. The van der Waals surface area contributed by atoms with Gasteiger partial charge in [-0.1, -0.05) is 0 Å². The number of hydrogen-bond acceptors (Lipinski definition) is 5. The van der Waals surface area contributed by atoms with Gasteiger partial charge >= 0.3 is 0 Å². The van der Waals surface area contributed by atoms with Crippen LogP contribution in [0.15, 0.2) is 17.8 Å². The molecule has 80 valence electrons. The van der Waals surface area contributed by atoms with Crippen LogP contribution in [-0.2, 0) is 6.54 Å². The standard InChI is InChI=1S/C10H13N3S2/c1-7-5-13-9(15-7)6-12-8(2)10-11-3-4-14-10/h3-5,8,12H,6H2,1-2H3. The van der Waals surface area contributed by atoms with Crippen molar-refractivity contribution in [3.8, 4) is 0 Å². The molecule has 0 saturated carbocycles. The molecule has 15 heavy (non-hydrogen) atoms. The number of aromatic nitrogens is 2. The first-order valence-electron chi connectivity index (χ1n) is 4.80. The van der Waals surface area contributed by atoms with E-state index in [0.717, 1.165) is 16.6 Å². The normalized spacial score (nSPS) is 12.9. The number of hydrogen-bond donors (Lipinski definition) is 1. The summed E-state index contributed by atoms with van der Waals surface area (Å²) < 4.78 is 0. The lowest BCUT2D eigenvalue weighted by Crippen LogP contribution is -2.17. The van der Waals surface area contributed by atoms with Crippen LogP contribution in [-0.4, -0.2) is 9.97 Å². The third-order valence-electron chi connectivity index (χ3n) is 2.05. The molecule has 2 aromatic rings. The second kappa shape index (κ2) is 4.83. The first kappa shape index (κ1) is 10.7. The van der Waals surface area contributed by atoms with Crippen molar-refractivity contribution in [3.63, 3.8) is 0 Å². The number of aryl methyl sites for hydroxylation is 1. The van der Waals surface area contributed by atoms with Crippen molar-refractivity contribution in [2.45, 2.75) is 26.4 Å². The van der Waals surface area contributed by atoms with E-state index in [4.69, 9.17) is 0 Å². The summed E-state index contributed by atoms with van der Waals surface area (Å²) in [6.45, 7) is 5.02. The third-order valence-corrected chi connectivity index (χ3v) is 3.92. The SMILES string of the molecule is Cc1cnc(CNC(C)c2nccs2)s1. The summed E-state index contributed by atoms with van der Waals surface area (Å²) in [6.07, 6.45) is 3.75. The van der Waals surface area contributed by atoms with Crippen molar-refractivity contribution in [1.29, 1.82) is 0 Å². The van der Waals surface area contributed by atoms with Crippen LogP contribution in [0, 0.1) is 6.92 Å². The van der Waals surface area contributed by atoms with E-state index in [1.807, 2.05) is 17.8 Å². The molecular weight excluding hydrogens is 226 g/mol. The molecule has 0 amide bonds. The van der Waals surface area contributed by atoms with E-state index in [2.05, 4.69) is 29.1 Å². The highest BCUT2D eigenvalue weighted by molar-refractivity contribution is 7.11. The Hall–Kier alpha value is -0.780. The second-order valence-electron chi connectivity index (χ2n) is 3.34. The zero-order chi connectivity index (χ0) is 10.7. The molecule has 0 spiro atoms. The minimum absolute atomic E-state index is 0.300. The van der Waals surface area contributed by atoms with Crippen LogP contribution in [0.1, 0.15) is 27.9 Å². The molecule has 0 saturated heterocycles. The Labute approximate surface area is 97.2 Å². The second-order valence-corrected chi connectivity index (χ2v) is 5.58. The summed E-state index contributed by atoms with van der Waals surface area (Å²) in [4.78, 5) is 9.84. The predicted molar refractivity (Wildman–Crippen MR) is 64.2 cm³/mol. The molecule has 0 aromatic carbocycles. The van der Waals surface area contributed by atoms with Crippen molar-refractivity contribution < 1.29 is 0 Å². The fourth-order valence-corrected chi connectivity index (χ4v) is 2.67. The van der Waals surface area contributed by atoms with Gasteiger partial charge in [0.05, 0.1) is 6.04 Å². The van der Waals surface area contributed by atoms with Gasteiger partial charge in [0, 0.05) is 29.2 Å². The highest BCUT2D eigenvalue weighted by atomic mass is 32.1. The maximum Gasteiger partial charge on any atom is 0.109 e. The topological polar surface area (TPSA) is 37.8 Å². The predicted octanol–water partition coefficient (Wildman–Crippen LogP) is 2.76. The number of nitrogens with zero attached hydrogens (tertiary/aromatic N) is 2. The Balaban J connectivity index is 1.88. The molecule has 2 rings (SSSR count). The summed E-state index contributed by atoms with van der Waals surface area (Å²) in [7, 11) is 0. The molecular formula is C10H13N3S2. The van der Waals surface area contributed by atoms with Crippen LogP contribution in [0.4, 0.5) is 0 Å². The molecule has 3 nitrogen and oxygen atoms in total. The number of rotatable bonds is 4. The lowest BCUT2D eigenvalue weighted by Gasteiger charge is -2.08. The van der Waals surface area contributed by atoms with Crippen LogP contribution in [0.5, 0.6) is 0 Å². The number of thiazole rings is 2. The van der Waals surface area contributed by atoms with E-state index in [-0.39, 0.29) is 0 Å². The van der Waals surface area contributed by atoms with Gasteiger partial charge in [-0.15, -0.1) is 22.7 Å². The van der Waals surface area contributed by atoms with E-state index < -0.39 is 0 Å². The molecule has 0 aliphatic carbocycles. The van der Waals surface area contributed by atoms with E-state index in [1.54, 1.807) is 22.7 Å². The van der Waals surface area contributed by atoms with Crippen LogP contribution in [0.2, 0.25) is 0 Å². The first-order valence-corrected chi connectivity index (χ1v) is 6.49.